The zero-order valence-corrected chi connectivity index (χ0v) is 14.6. The largest absolute Gasteiger partial charge is 0.462 e. The van der Waals surface area contributed by atoms with Crippen LogP contribution in [0.3, 0.4) is 0 Å². The number of piperidine rings is 1. The Balaban J connectivity index is 1.96. The molecule has 1 aliphatic rings. The number of ether oxygens (including phenoxy) is 1. The second kappa shape index (κ2) is 7.62. The Morgan fingerprint density at radius 3 is 2.58 bits per heavy atom. The van der Waals surface area contributed by atoms with Gasteiger partial charge in [-0.25, -0.2) is 4.79 Å². The van der Waals surface area contributed by atoms with Gasteiger partial charge in [-0.3, -0.25) is 0 Å². The van der Waals surface area contributed by atoms with Crippen molar-refractivity contribution in [1.82, 2.24) is 4.90 Å². The van der Waals surface area contributed by atoms with Crippen molar-refractivity contribution in [1.29, 1.82) is 0 Å². The molecule has 1 fully saturated rings. The molecule has 1 aliphatic heterocycles. The van der Waals surface area contributed by atoms with Gasteiger partial charge in [0.2, 0.25) is 0 Å². The summed E-state index contributed by atoms with van der Waals surface area (Å²) in [6, 6.07) is 11.3. The monoisotopic (exact) mass is 343 g/mol. The summed E-state index contributed by atoms with van der Waals surface area (Å²) in [5, 5.41) is 0. The van der Waals surface area contributed by atoms with Crippen LogP contribution in [0.1, 0.15) is 42.3 Å². The molecule has 0 spiro atoms. The van der Waals surface area contributed by atoms with Gasteiger partial charge in [-0.2, -0.15) is 0 Å². The summed E-state index contributed by atoms with van der Waals surface area (Å²) in [5.74, 6) is 0.699. The number of furan rings is 1. The third-order valence-corrected chi connectivity index (χ3v) is 4.58. The number of thiocarbonyl (C=S) groups is 1. The van der Waals surface area contributed by atoms with E-state index in [0.717, 1.165) is 31.5 Å². The van der Waals surface area contributed by atoms with Crippen molar-refractivity contribution >= 4 is 23.2 Å². The quantitative estimate of drug-likeness (QED) is 0.612. The van der Waals surface area contributed by atoms with E-state index in [0.29, 0.717) is 28.7 Å². The van der Waals surface area contributed by atoms with Crippen molar-refractivity contribution < 1.29 is 13.9 Å². The highest BCUT2D eigenvalue weighted by molar-refractivity contribution is 7.80. The Morgan fingerprint density at radius 1 is 1.21 bits per heavy atom. The van der Waals surface area contributed by atoms with Gasteiger partial charge in [-0.15, -0.1) is 0 Å². The predicted octanol–water partition coefficient (Wildman–Crippen LogP) is 4.28. The van der Waals surface area contributed by atoms with Gasteiger partial charge in [-0.1, -0.05) is 42.5 Å². The highest BCUT2D eigenvalue weighted by atomic mass is 32.1. The van der Waals surface area contributed by atoms with E-state index >= 15 is 0 Å². The van der Waals surface area contributed by atoms with Gasteiger partial charge in [0.15, 0.2) is 5.76 Å². The Labute approximate surface area is 147 Å². The maximum Gasteiger partial charge on any atom is 0.342 e. The predicted molar refractivity (Wildman–Crippen MR) is 97.2 cm³/mol. The van der Waals surface area contributed by atoms with Crippen LogP contribution in [-0.4, -0.2) is 35.6 Å². The number of hydrogen-bond donors (Lipinski definition) is 0. The van der Waals surface area contributed by atoms with E-state index in [2.05, 4.69) is 4.90 Å². The minimum atomic E-state index is -0.382. The number of benzene rings is 1. The number of rotatable bonds is 4. The summed E-state index contributed by atoms with van der Waals surface area (Å²) in [6.07, 6.45) is 3.51. The van der Waals surface area contributed by atoms with E-state index in [1.165, 1.54) is 6.42 Å². The number of esters is 1. The van der Waals surface area contributed by atoms with E-state index in [4.69, 9.17) is 21.4 Å². The third kappa shape index (κ3) is 3.51. The smallest absolute Gasteiger partial charge is 0.342 e. The number of nitrogens with zero attached hydrogens (tertiary/aromatic N) is 1. The molecule has 0 bridgehead atoms. The van der Waals surface area contributed by atoms with Gasteiger partial charge in [0.25, 0.3) is 0 Å². The topological polar surface area (TPSA) is 42.7 Å². The highest BCUT2D eigenvalue weighted by Gasteiger charge is 2.24. The van der Waals surface area contributed by atoms with Crippen LogP contribution >= 0.6 is 12.2 Å². The third-order valence-electron chi connectivity index (χ3n) is 4.12. The minimum Gasteiger partial charge on any atom is -0.462 e. The summed E-state index contributed by atoms with van der Waals surface area (Å²) in [4.78, 5) is 15.1. The molecule has 0 unspecified atom stereocenters. The molecule has 24 heavy (non-hydrogen) atoms. The van der Waals surface area contributed by atoms with Crippen molar-refractivity contribution in [3.05, 3.63) is 47.7 Å². The zero-order valence-electron chi connectivity index (χ0n) is 13.8. The van der Waals surface area contributed by atoms with Gasteiger partial charge in [0, 0.05) is 24.7 Å². The lowest BCUT2D eigenvalue weighted by atomic mass is 10.1. The van der Waals surface area contributed by atoms with Gasteiger partial charge >= 0.3 is 5.97 Å². The van der Waals surface area contributed by atoms with Gasteiger partial charge in [-0.05, 0) is 26.2 Å². The molecular formula is C19H21NO3S. The number of carbonyl (C=O) groups excluding carboxylic acids is 1. The average molecular weight is 343 g/mol. The van der Waals surface area contributed by atoms with Crippen LogP contribution < -0.4 is 0 Å². The second-order valence-corrected chi connectivity index (χ2v) is 6.18. The average Bonchev–Trinajstić information content (AvgIpc) is 3.08. The van der Waals surface area contributed by atoms with Crippen LogP contribution in [-0.2, 0) is 4.74 Å². The van der Waals surface area contributed by atoms with Crippen molar-refractivity contribution in [2.45, 2.75) is 26.2 Å². The molecule has 5 heteroatoms. The maximum atomic E-state index is 12.3. The molecule has 2 heterocycles. The summed E-state index contributed by atoms with van der Waals surface area (Å²) in [6.45, 7) is 3.99. The molecule has 126 valence electrons. The summed E-state index contributed by atoms with van der Waals surface area (Å²) in [5.41, 5.74) is 1.27. The van der Waals surface area contributed by atoms with Crippen LogP contribution in [0.15, 0.2) is 40.8 Å². The SMILES string of the molecule is CCOC(=O)c1cc(C(=S)N2CCCCC2)oc1-c1ccccc1. The van der Waals surface area contributed by atoms with E-state index in [1.54, 1.807) is 13.0 Å². The fraction of sp³-hybridized carbons (Fsp3) is 0.368. The zero-order chi connectivity index (χ0) is 16.9. The maximum absolute atomic E-state index is 12.3. The van der Waals surface area contributed by atoms with Crippen LogP contribution in [0.5, 0.6) is 0 Å². The highest BCUT2D eigenvalue weighted by Crippen LogP contribution is 2.29. The molecule has 0 radical (unpaired) electrons. The molecule has 2 aromatic rings. The van der Waals surface area contributed by atoms with Crippen molar-refractivity contribution in [3.63, 3.8) is 0 Å². The minimum absolute atomic E-state index is 0.324. The van der Waals surface area contributed by atoms with Crippen LogP contribution in [0.25, 0.3) is 11.3 Å². The molecule has 0 atom stereocenters. The first-order valence-corrected chi connectivity index (χ1v) is 8.77. The van der Waals surface area contributed by atoms with E-state index in [9.17, 15) is 4.79 Å². The molecule has 0 amide bonds. The molecular weight excluding hydrogens is 322 g/mol. The number of carbonyl (C=O) groups is 1. The summed E-state index contributed by atoms with van der Waals surface area (Å²) in [7, 11) is 0. The molecule has 1 saturated heterocycles. The molecule has 0 saturated carbocycles. The first-order chi connectivity index (χ1) is 11.7. The fourth-order valence-corrected chi connectivity index (χ4v) is 3.20. The van der Waals surface area contributed by atoms with E-state index < -0.39 is 0 Å². The van der Waals surface area contributed by atoms with Gasteiger partial charge in [0.1, 0.15) is 16.3 Å². The molecule has 0 N–H and O–H groups in total. The molecule has 4 nitrogen and oxygen atoms in total. The lowest BCUT2D eigenvalue weighted by molar-refractivity contribution is 0.0527. The van der Waals surface area contributed by atoms with Crippen molar-refractivity contribution in [3.8, 4) is 11.3 Å². The van der Waals surface area contributed by atoms with Crippen molar-refractivity contribution in [2.75, 3.05) is 19.7 Å². The Hall–Kier alpha value is -2.14. The summed E-state index contributed by atoms with van der Waals surface area (Å²) >= 11 is 5.59. The van der Waals surface area contributed by atoms with Crippen LogP contribution in [0, 0.1) is 0 Å². The molecule has 1 aromatic heterocycles. The standard InChI is InChI=1S/C19H21NO3S/c1-2-22-19(21)15-13-16(18(24)20-11-7-4-8-12-20)23-17(15)14-9-5-3-6-10-14/h3,5-6,9-10,13H,2,4,7-8,11-12H2,1H3. The Morgan fingerprint density at radius 2 is 1.92 bits per heavy atom. The molecule has 3 rings (SSSR count). The Kier molecular flexibility index (Phi) is 5.30. The first-order valence-electron chi connectivity index (χ1n) is 8.36. The van der Waals surface area contributed by atoms with E-state index in [-0.39, 0.29) is 5.97 Å². The summed E-state index contributed by atoms with van der Waals surface area (Å²) < 4.78 is 11.2. The molecule has 1 aromatic carbocycles. The lowest BCUT2D eigenvalue weighted by Gasteiger charge is -2.27. The van der Waals surface area contributed by atoms with Gasteiger partial charge < -0.3 is 14.1 Å². The molecule has 0 aliphatic carbocycles. The van der Waals surface area contributed by atoms with Gasteiger partial charge in [0.05, 0.1) is 6.61 Å². The number of hydrogen-bond acceptors (Lipinski definition) is 4. The number of likely N-dealkylation sites (tertiary alicyclic amines) is 1. The Bertz CT molecular complexity index is 717. The fourth-order valence-electron chi connectivity index (χ4n) is 2.91. The van der Waals surface area contributed by atoms with Crippen molar-refractivity contribution in [2.24, 2.45) is 0 Å². The van der Waals surface area contributed by atoms with Crippen LogP contribution in [0.2, 0.25) is 0 Å². The van der Waals surface area contributed by atoms with E-state index in [1.807, 2.05) is 30.3 Å². The van der Waals surface area contributed by atoms with Crippen LogP contribution in [0.4, 0.5) is 0 Å². The second-order valence-electron chi connectivity index (χ2n) is 5.79. The first kappa shape index (κ1) is 16.7. The lowest BCUT2D eigenvalue weighted by Crippen LogP contribution is -2.34. The normalized spacial score (nSPS) is 14.5.